The molecule has 0 bridgehead atoms. The zero-order chi connectivity index (χ0) is 9.59. The fraction of sp³-hybridized carbons (Fsp3) is 0. The van der Waals surface area contributed by atoms with Crippen LogP contribution in [0.4, 0.5) is 5.69 Å². The molecule has 66 valence electrons. The second-order valence-corrected chi connectivity index (χ2v) is 2.69. The Morgan fingerprint density at radius 2 is 1.92 bits per heavy atom. The summed E-state index contributed by atoms with van der Waals surface area (Å²) < 4.78 is 0. The van der Waals surface area contributed by atoms with Crippen molar-refractivity contribution in [2.45, 2.75) is 0 Å². The van der Waals surface area contributed by atoms with E-state index in [2.05, 4.69) is 0 Å². The fourth-order valence-electron chi connectivity index (χ4n) is 1.30. The van der Waals surface area contributed by atoms with E-state index in [1.807, 2.05) is 0 Å². The van der Waals surface area contributed by atoms with E-state index in [-0.39, 0.29) is 21.9 Å². The number of nitrogen functional groups attached to an aromatic ring is 1. The van der Waals surface area contributed by atoms with Crippen molar-refractivity contribution in [3.8, 4) is 0 Å². The number of anilines is 1. The number of amides is 2. The largest absolute Gasteiger partial charge is 0.398 e. The molecule has 2 amide bonds. The summed E-state index contributed by atoms with van der Waals surface area (Å²) in [7, 11) is 0. The van der Waals surface area contributed by atoms with Crippen molar-refractivity contribution in [1.82, 2.24) is 5.06 Å². The van der Waals surface area contributed by atoms with Crippen LogP contribution in [0.2, 0.25) is 0 Å². The number of hydroxylamine groups is 2. The molecule has 0 saturated heterocycles. The Kier molecular flexibility index (Phi) is 1.37. The highest BCUT2D eigenvalue weighted by atomic mass is 16.5. The van der Waals surface area contributed by atoms with Gasteiger partial charge < -0.3 is 5.73 Å². The molecule has 0 fully saturated rings. The van der Waals surface area contributed by atoms with E-state index < -0.39 is 11.8 Å². The Morgan fingerprint density at radius 1 is 1.23 bits per heavy atom. The van der Waals surface area contributed by atoms with Crippen LogP contribution in [0.3, 0.4) is 0 Å². The van der Waals surface area contributed by atoms with E-state index in [4.69, 9.17) is 10.9 Å². The molecule has 5 heteroatoms. The first-order valence-electron chi connectivity index (χ1n) is 3.59. The van der Waals surface area contributed by atoms with Gasteiger partial charge in [-0.15, -0.1) is 5.06 Å². The van der Waals surface area contributed by atoms with Gasteiger partial charge in [0, 0.05) is 5.69 Å². The number of carbonyl (C=O) groups excluding carboxylic acids is 2. The molecule has 0 aliphatic carbocycles. The highest BCUT2D eigenvalue weighted by Crippen LogP contribution is 2.25. The average Bonchev–Trinajstić information content (AvgIpc) is 2.33. The summed E-state index contributed by atoms with van der Waals surface area (Å²) in [6.45, 7) is 0. The van der Waals surface area contributed by atoms with Crippen LogP contribution in [0.5, 0.6) is 0 Å². The second-order valence-electron chi connectivity index (χ2n) is 2.69. The van der Waals surface area contributed by atoms with E-state index in [9.17, 15) is 9.59 Å². The number of imide groups is 1. The minimum Gasteiger partial charge on any atom is -0.398 e. The van der Waals surface area contributed by atoms with Crippen molar-refractivity contribution in [1.29, 1.82) is 0 Å². The number of fused-ring (bicyclic) bond motifs is 1. The Balaban J connectivity index is 2.74. The first kappa shape index (κ1) is 7.75. The summed E-state index contributed by atoms with van der Waals surface area (Å²) in [4.78, 5) is 22.4. The van der Waals surface area contributed by atoms with Gasteiger partial charge in [0.2, 0.25) is 0 Å². The summed E-state index contributed by atoms with van der Waals surface area (Å²) in [5.41, 5.74) is 5.90. The lowest BCUT2D eigenvalue weighted by molar-refractivity contribution is -0.0326. The van der Waals surface area contributed by atoms with Gasteiger partial charge in [-0.05, 0) is 12.1 Å². The molecule has 1 aliphatic rings. The topological polar surface area (TPSA) is 83.6 Å². The monoisotopic (exact) mass is 178 g/mol. The van der Waals surface area contributed by atoms with E-state index in [0.717, 1.165) is 0 Å². The van der Waals surface area contributed by atoms with Gasteiger partial charge in [-0.3, -0.25) is 14.8 Å². The molecule has 0 aromatic heterocycles. The summed E-state index contributed by atoms with van der Waals surface area (Å²) in [6.07, 6.45) is 0. The van der Waals surface area contributed by atoms with Crippen molar-refractivity contribution in [2.75, 3.05) is 5.73 Å². The van der Waals surface area contributed by atoms with E-state index in [0.29, 0.717) is 0 Å². The number of nitrogens with two attached hydrogens (primary N) is 1. The van der Waals surface area contributed by atoms with Crippen molar-refractivity contribution in [3.05, 3.63) is 29.3 Å². The molecule has 0 saturated carbocycles. The third-order valence-corrected chi connectivity index (χ3v) is 1.93. The number of hydrogen-bond donors (Lipinski definition) is 2. The molecular formula is C8H6N2O3. The molecule has 0 unspecified atom stereocenters. The van der Waals surface area contributed by atoms with Gasteiger partial charge in [-0.25, -0.2) is 0 Å². The summed E-state index contributed by atoms with van der Waals surface area (Å²) in [5.74, 6) is -1.50. The van der Waals surface area contributed by atoms with Gasteiger partial charge in [-0.1, -0.05) is 6.07 Å². The smallest absolute Gasteiger partial charge is 0.287 e. The predicted molar refractivity (Wildman–Crippen MR) is 43.1 cm³/mol. The quantitative estimate of drug-likeness (QED) is 0.339. The summed E-state index contributed by atoms with van der Waals surface area (Å²) in [6, 6.07) is 4.50. The second kappa shape index (κ2) is 2.30. The number of benzene rings is 1. The first-order valence-corrected chi connectivity index (χ1v) is 3.59. The lowest BCUT2D eigenvalue weighted by Crippen LogP contribution is -2.25. The highest BCUT2D eigenvalue weighted by Gasteiger charge is 2.36. The van der Waals surface area contributed by atoms with Crippen LogP contribution in [0, 0.1) is 0 Å². The molecular weight excluding hydrogens is 172 g/mol. The molecule has 3 N–H and O–H groups in total. The maximum Gasteiger partial charge on any atom is 0.287 e. The molecule has 0 radical (unpaired) electrons. The van der Waals surface area contributed by atoms with Crippen LogP contribution >= 0.6 is 0 Å². The lowest BCUT2D eigenvalue weighted by atomic mass is 10.1. The minimum atomic E-state index is -0.766. The van der Waals surface area contributed by atoms with Crippen molar-refractivity contribution in [2.24, 2.45) is 0 Å². The van der Waals surface area contributed by atoms with E-state index in [1.54, 1.807) is 6.07 Å². The third-order valence-electron chi connectivity index (χ3n) is 1.93. The molecule has 0 spiro atoms. The lowest BCUT2D eigenvalue weighted by Gasteiger charge is -2.00. The van der Waals surface area contributed by atoms with Crippen LogP contribution in [0.15, 0.2) is 18.2 Å². The minimum absolute atomic E-state index is 0.0705. The Morgan fingerprint density at radius 3 is 2.54 bits per heavy atom. The van der Waals surface area contributed by atoms with E-state index in [1.165, 1.54) is 12.1 Å². The number of rotatable bonds is 0. The summed E-state index contributed by atoms with van der Waals surface area (Å²) >= 11 is 0. The van der Waals surface area contributed by atoms with Crippen LogP contribution in [-0.2, 0) is 0 Å². The SMILES string of the molecule is Nc1cccc2c1C(=O)N(O)C2=O. The van der Waals surface area contributed by atoms with Crippen molar-refractivity contribution >= 4 is 17.5 Å². The zero-order valence-corrected chi connectivity index (χ0v) is 6.52. The van der Waals surface area contributed by atoms with Crippen LogP contribution in [0.25, 0.3) is 0 Å². The molecule has 1 heterocycles. The molecule has 1 aromatic rings. The van der Waals surface area contributed by atoms with E-state index >= 15 is 0 Å². The van der Waals surface area contributed by atoms with Gasteiger partial charge in [0.15, 0.2) is 0 Å². The number of carbonyl (C=O) groups is 2. The van der Waals surface area contributed by atoms with Crippen LogP contribution in [-0.4, -0.2) is 22.1 Å². The predicted octanol–water partition coefficient (Wildman–Crippen LogP) is 0.254. The normalized spacial score (nSPS) is 15.0. The molecule has 2 rings (SSSR count). The van der Waals surface area contributed by atoms with Gasteiger partial charge in [-0.2, -0.15) is 0 Å². The standard InChI is InChI=1S/C8H6N2O3/c9-5-3-1-2-4-6(5)8(12)10(13)7(4)11/h1-3,13H,9H2. The molecule has 1 aromatic carbocycles. The molecule has 5 nitrogen and oxygen atoms in total. The molecule has 0 atom stereocenters. The maximum absolute atomic E-state index is 11.2. The summed E-state index contributed by atoms with van der Waals surface area (Å²) in [5, 5.41) is 9.06. The van der Waals surface area contributed by atoms with Crippen molar-refractivity contribution in [3.63, 3.8) is 0 Å². The average molecular weight is 178 g/mol. The highest BCUT2D eigenvalue weighted by molar-refractivity contribution is 6.22. The van der Waals surface area contributed by atoms with Gasteiger partial charge in [0.05, 0.1) is 11.1 Å². The van der Waals surface area contributed by atoms with Gasteiger partial charge in [0.25, 0.3) is 11.8 Å². The van der Waals surface area contributed by atoms with Crippen LogP contribution < -0.4 is 5.73 Å². The van der Waals surface area contributed by atoms with Gasteiger partial charge in [0.1, 0.15) is 0 Å². The maximum atomic E-state index is 11.2. The van der Waals surface area contributed by atoms with Crippen LogP contribution in [0.1, 0.15) is 20.7 Å². The fourth-order valence-corrected chi connectivity index (χ4v) is 1.30. The Hall–Kier alpha value is -1.88. The number of hydrogen-bond acceptors (Lipinski definition) is 4. The third kappa shape index (κ3) is 0.844. The molecule has 1 aliphatic heterocycles. The van der Waals surface area contributed by atoms with Crippen molar-refractivity contribution < 1.29 is 14.8 Å². The van der Waals surface area contributed by atoms with Gasteiger partial charge >= 0.3 is 0 Å². The number of nitrogens with zero attached hydrogens (tertiary/aromatic N) is 1. The Bertz CT molecular complexity index is 414. The first-order chi connectivity index (χ1) is 6.13. The molecule has 13 heavy (non-hydrogen) atoms. The Labute approximate surface area is 73.3 Å². The zero-order valence-electron chi connectivity index (χ0n) is 6.52.